The average molecular weight is 254 g/mol. The van der Waals surface area contributed by atoms with E-state index in [4.69, 9.17) is 5.73 Å². The zero-order chi connectivity index (χ0) is 9.03. The van der Waals surface area contributed by atoms with E-state index in [9.17, 15) is 10.1 Å². The minimum atomic E-state index is -0.736. The molecule has 1 saturated heterocycles. The first kappa shape index (κ1) is 12.8. The van der Waals surface area contributed by atoms with Gasteiger partial charge in [0.1, 0.15) is 0 Å². The zero-order valence-corrected chi connectivity index (χ0v) is 9.21. The van der Waals surface area contributed by atoms with Crippen LogP contribution in [-0.4, -0.2) is 30.1 Å². The molecule has 0 aromatic carbocycles. The van der Waals surface area contributed by atoms with Gasteiger partial charge < -0.3 is 11.1 Å². The Labute approximate surface area is 88.0 Å². The van der Waals surface area contributed by atoms with Crippen molar-refractivity contribution < 1.29 is 4.92 Å². The van der Waals surface area contributed by atoms with Gasteiger partial charge in [0, 0.05) is 37.3 Å². The van der Waals surface area contributed by atoms with Gasteiger partial charge in [-0.2, -0.15) is 0 Å². The van der Waals surface area contributed by atoms with Gasteiger partial charge in [-0.3, -0.25) is 10.1 Å². The van der Waals surface area contributed by atoms with E-state index in [1.54, 1.807) is 0 Å². The van der Waals surface area contributed by atoms with E-state index in [1.807, 2.05) is 0 Å². The van der Waals surface area contributed by atoms with Crippen molar-refractivity contribution in [1.29, 1.82) is 0 Å². The quantitative estimate of drug-likeness (QED) is 0.561. The molecule has 0 aromatic rings. The molecular weight excluding hydrogens is 238 g/mol. The summed E-state index contributed by atoms with van der Waals surface area (Å²) >= 11 is 0. The van der Waals surface area contributed by atoms with E-state index >= 15 is 0 Å². The van der Waals surface area contributed by atoms with Crippen molar-refractivity contribution in [3.8, 4) is 0 Å². The second-order valence-corrected chi connectivity index (χ2v) is 3.27. The van der Waals surface area contributed by atoms with Crippen LogP contribution in [0.2, 0.25) is 0 Å². The summed E-state index contributed by atoms with van der Waals surface area (Å²) in [5.74, 6) is 0. The van der Waals surface area contributed by atoms with Crippen molar-refractivity contribution in [2.75, 3.05) is 19.6 Å². The lowest BCUT2D eigenvalue weighted by atomic mass is 9.86. The van der Waals surface area contributed by atoms with Gasteiger partial charge in [-0.25, -0.2) is 0 Å². The van der Waals surface area contributed by atoms with Gasteiger partial charge in [-0.1, -0.05) is 0 Å². The van der Waals surface area contributed by atoms with Crippen molar-refractivity contribution in [3.05, 3.63) is 10.1 Å². The zero-order valence-electron chi connectivity index (χ0n) is 7.49. The largest absolute Gasteiger partial charge is 0.330 e. The molecule has 5 nitrogen and oxygen atoms in total. The normalized spacial score (nSPS) is 20.4. The summed E-state index contributed by atoms with van der Waals surface area (Å²) in [5, 5.41) is 13.9. The van der Waals surface area contributed by atoms with Crippen LogP contribution in [0.25, 0.3) is 0 Å². The molecule has 0 bridgehead atoms. The van der Waals surface area contributed by atoms with E-state index in [-0.39, 0.29) is 21.9 Å². The number of halogens is 1. The maximum atomic E-state index is 10.8. The van der Waals surface area contributed by atoms with Gasteiger partial charge in [0.05, 0.1) is 0 Å². The minimum Gasteiger partial charge on any atom is -0.330 e. The third-order valence-corrected chi connectivity index (χ3v) is 2.53. The third-order valence-electron chi connectivity index (χ3n) is 2.53. The summed E-state index contributed by atoms with van der Waals surface area (Å²) in [6.07, 6.45) is 1.72. The Morgan fingerprint density at radius 2 is 2.00 bits per heavy atom. The molecule has 13 heavy (non-hydrogen) atoms. The van der Waals surface area contributed by atoms with E-state index in [2.05, 4.69) is 5.32 Å². The van der Waals surface area contributed by atoms with Gasteiger partial charge >= 0.3 is 0 Å². The Kier molecular flexibility index (Phi) is 5.43. The topological polar surface area (TPSA) is 81.2 Å². The Bertz CT molecular complexity index is 166. The number of hydrogen-bond donors (Lipinski definition) is 2. The molecule has 0 unspecified atom stereocenters. The Morgan fingerprint density at radius 3 is 2.38 bits per heavy atom. The predicted octanol–water partition coefficient (Wildman–Crippen LogP) is 0.312. The highest BCUT2D eigenvalue weighted by atomic mass is 79.9. The summed E-state index contributed by atoms with van der Waals surface area (Å²) in [6.45, 7) is 1.88. The fourth-order valence-corrected chi connectivity index (χ4v) is 1.68. The van der Waals surface area contributed by atoms with Gasteiger partial charge in [0.25, 0.3) is 0 Å². The van der Waals surface area contributed by atoms with Crippen LogP contribution in [-0.2, 0) is 0 Å². The lowest BCUT2D eigenvalue weighted by molar-refractivity contribution is -0.574. The lowest BCUT2D eigenvalue weighted by Gasteiger charge is -2.29. The molecule has 78 valence electrons. The molecule has 0 amide bonds. The summed E-state index contributed by atoms with van der Waals surface area (Å²) < 4.78 is 0. The molecule has 1 aliphatic heterocycles. The Balaban J connectivity index is 0.00000144. The van der Waals surface area contributed by atoms with Crippen LogP contribution >= 0.6 is 17.0 Å². The maximum Gasteiger partial charge on any atom is 0.225 e. The van der Waals surface area contributed by atoms with Crippen molar-refractivity contribution >= 4 is 17.0 Å². The summed E-state index contributed by atoms with van der Waals surface area (Å²) in [6, 6.07) is 0. The fraction of sp³-hybridized carbons (Fsp3) is 1.00. The smallest absolute Gasteiger partial charge is 0.225 e. The van der Waals surface area contributed by atoms with Crippen LogP contribution in [0.3, 0.4) is 0 Å². The lowest BCUT2D eigenvalue weighted by Crippen LogP contribution is -2.48. The first-order chi connectivity index (χ1) is 5.71. The second kappa shape index (κ2) is 5.51. The van der Waals surface area contributed by atoms with Crippen molar-refractivity contribution in [3.63, 3.8) is 0 Å². The fourth-order valence-electron chi connectivity index (χ4n) is 1.68. The molecule has 0 radical (unpaired) electrons. The van der Waals surface area contributed by atoms with Crippen LogP contribution in [0.1, 0.15) is 19.3 Å². The Morgan fingerprint density at radius 1 is 1.46 bits per heavy atom. The molecule has 6 heteroatoms. The first-order valence-electron chi connectivity index (χ1n) is 4.26. The van der Waals surface area contributed by atoms with Gasteiger partial charge in [-0.05, 0) is 6.54 Å². The molecule has 0 saturated carbocycles. The van der Waals surface area contributed by atoms with Crippen molar-refractivity contribution in [2.24, 2.45) is 5.73 Å². The van der Waals surface area contributed by atoms with Crippen LogP contribution < -0.4 is 11.1 Å². The van der Waals surface area contributed by atoms with Crippen LogP contribution in [0.15, 0.2) is 0 Å². The van der Waals surface area contributed by atoms with Crippen molar-refractivity contribution in [1.82, 2.24) is 5.32 Å². The highest BCUT2D eigenvalue weighted by Gasteiger charge is 2.42. The molecule has 0 atom stereocenters. The minimum absolute atomic E-state index is 0. The molecule has 0 aliphatic carbocycles. The SMILES string of the molecule is Br.NCCC1([N+](=O)[O-])CCNCC1. The van der Waals surface area contributed by atoms with Crippen LogP contribution in [0.4, 0.5) is 0 Å². The van der Waals surface area contributed by atoms with Gasteiger partial charge in [0.15, 0.2) is 0 Å². The number of nitrogens with zero attached hydrogens (tertiary/aromatic N) is 1. The number of hydrogen-bond acceptors (Lipinski definition) is 4. The molecule has 1 fully saturated rings. The second-order valence-electron chi connectivity index (χ2n) is 3.27. The molecule has 3 N–H and O–H groups in total. The maximum absolute atomic E-state index is 10.8. The van der Waals surface area contributed by atoms with Crippen molar-refractivity contribution in [2.45, 2.75) is 24.8 Å². The Hall–Kier alpha value is -0.200. The summed E-state index contributed by atoms with van der Waals surface area (Å²) in [5.41, 5.74) is 4.62. The van der Waals surface area contributed by atoms with E-state index in [0.717, 1.165) is 13.1 Å². The summed E-state index contributed by atoms with van der Waals surface area (Å²) in [7, 11) is 0. The number of nitro groups is 1. The van der Waals surface area contributed by atoms with Gasteiger partial charge in [0.2, 0.25) is 5.54 Å². The molecule has 1 rings (SSSR count). The first-order valence-corrected chi connectivity index (χ1v) is 4.26. The molecule has 1 heterocycles. The monoisotopic (exact) mass is 253 g/mol. The molecule has 0 spiro atoms. The van der Waals surface area contributed by atoms with Gasteiger partial charge in [-0.15, -0.1) is 17.0 Å². The number of nitrogens with two attached hydrogens (primary N) is 1. The van der Waals surface area contributed by atoms with E-state index in [1.165, 1.54) is 0 Å². The van der Waals surface area contributed by atoms with E-state index in [0.29, 0.717) is 25.8 Å². The van der Waals surface area contributed by atoms with Crippen LogP contribution in [0, 0.1) is 10.1 Å². The highest BCUT2D eigenvalue weighted by Crippen LogP contribution is 2.25. The number of rotatable bonds is 3. The van der Waals surface area contributed by atoms with Crippen LogP contribution in [0.5, 0.6) is 0 Å². The molecule has 1 aliphatic rings. The number of nitrogens with one attached hydrogen (secondary N) is 1. The third kappa shape index (κ3) is 2.89. The summed E-state index contributed by atoms with van der Waals surface area (Å²) in [4.78, 5) is 10.6. The molecule has 0 aromatic heterocycles. The van der Waals surface area contributed by atoms with E-state index < -0.39 is 5.54 Å². The molecular formula is C7H16BrN3O2. The standard InChI is InChI=1S/C7H15N3O2.BrH/c8-4-1-7(10(11)12)2-5-9-6-3-7;/h9H,1-6,8H2;1H. The predicted molar refractivity (Wildman–Crippen MR) is 55.8 cm³/mol. The number of piperidine rings is 1. The highest BCUT2D eigenvalue weighted by molar-refractivity contribution is 8.93. The average Bonchev–Trinajstić information content (AvgIpc) is 2.06.